The first-order chi connectivity index (χ1) is 7.68. The molecule has 0 saturated heterocycles. The van der Waals surface area contributed by atoms with Gasteiger partial charge in [0, 0.05) is 4.47 Å². The first kappa shape index (κ1) is 11.3. The molecule has 2 N–H and O–H groups in total. The number of hydrogen-bond donors (Lipinski definition) is 1. The Morgan fingerprint density at radius 1 is 1.00 bits per heavy atom. The average molecular weight is 280 g/mol. The highest BCUT2D eigenvalue weighted by Gasteiger charge is 2.11. The number of hydrogen-bond acceptors (Lipinski definition) is 1. The van der Waals surface area contributed by atoms with E-state index in [4.69, 9.17) is 5.73 Å². The molecule has 2 rings (SSSR count). The summed E-state index contributed by atoms with van der Waals surface area (Å²) in [6.07, 6.45) is 0. The Morgan fingerprint density at radius 3 is 2.25 bits per heavy atom. The average Bonchev–Trinajstić information content (AvgIpc) is 2.30. The van der Waals surface area contributed by atoms with E-state index >= 15 is 0 Å². The first-order valence-corrected chi connectivity index (χ1v) is 5.73. The smallest absolute Gasteiger partial charge is 0.123 e. The monoisotopic (exact) mass is 279 g/mol. The van der Waals surface area contributed by atoms with Crippen LogP contribution in [0.4, 0.5) is 4.39 Å². The van der Waals surface area contributed by atoms with E-state index in [0.717, 1.165) is 15.6 Å². The molecule has 3 heteroatoms. The Morgan fingerprint density at radius 2 is 1.62 bits per heavy atom. The van der Waals surface area contributed by atoms with E-state index in [1.165, 1.54) is 12.1 Å². The van der Waals surface area contributed by atoms with Crippen LogP contribution in [0, 0.1) is 5.82 Å². The molecule has 0 spiro atoms. The van der Waals surface area contributed by atoms with Crippen LogP contribution in [0.5, 0.6) is 0 Å². The number of benzene rings is 2. The van der Waals surface area contributed by atoms with Crippen LogP contribution in [-0.4, -0.2) is 0 Å². The van der Waals surface area contributed by atoms with Gasteiger partial charge in [-0.05, 0) is 29.3 Å². The Kier molecular flexibility index (Phi) is 3.36. The summed E-state index contributed by atoms with van der Waals surface area (Å²) in [6.45, 7) is 0. The van der Waals surface area contributed by atoms with Crippen molar-refractivity contribution in [2.45, 2.75) is 6.04 Å². The van der Waals surface area contributed by atoms with Crippen molar-refractivity contribution in [3.05, 3.63) is 69.9 Å². The van der Waals surface area contributed by atoms with Gasteiger partial charge in [0.05, 0.1) is 6.04 Å². The molecule has 1 unspecified atom stereocenters. The second kappa shape index (κ2) is 4.76. The summed E-state index contributed by atoms with van der Waals surface area (Å²) < 4.78 is 13.7. The zero-order valence-corrected chi connectivity index (χ0v) is 10.1. The van der Waals surface area contributed by atoms with Crippen molar-refractivity contribution in [3.8, 4) is 0 Å². The molecule has 2 aromatic carbocycles. The van der Waals surface area contributed by atoms with Crippen LogP contribution in [0.15, 0.2) is 53.0 Å². The van der Waals surface area contributed by atoms with E-state index in [1.807, 2.05) is 24.3 Å². The summed E-state index contributed by atoms with van der Waals surface area (Å²) in [5, 5.41) is 0. The topological polar surface area (TPSA) is 26.0 Å². The second-order valence-electron chi connectivity index (χ2n) is 3.55. The van der Waals surface area contributed by atoms with Crippen molar-refractivity contribution in [2.75, 3.05) is 0 Å². The van der Waals surface area contributed by atoms with Gasteiger partial charge < -0.3 is 5.73 Å². The fourth-order valence-corrected chi connectivity index (χ4v) is 2.11. The summed E-state index contributed by atoms with van der Waals surface area (Å²) in [6, 6.07) is 13.8. The van der Waals surface area contributed by atoms with Crippen molar-refractivity contribution in [1.82, 2.24) is 0 Å². The van der Waals surface area contributed by atoms with Gasteiger partial charge in [0.1, 0.15) is 5.82 Å². The normalized spacial score (nSPS) is 12.4. The predicted octanol–water partition coefficient (Wildman–Crippen LogP) is 3.64. The van der Waals surface area contributed by atoms with Gasteiger partial charge >= 0.3 is 0 Å². The summed E-state index contributed by atoms with van der Waals surface area (Å²) in [5.41, 5.74) is 8.01. The van der Waals surface area contributed by atoms with Gasteiger partial charge in [-0.15, -0.1) is 0 Å². The Labute approximate surface area is 102 Å². The minimum Gasteiger partial charge on any atom is -0.320 e. The second-order valence-corrected chi connectivity index (χ2v) is 4.41. The Hall–Kier alpha value is -1.19. The first-order valence-electron chi connectivity index (χ1n) is 4.94. The predicted molar refractivity (Wildman–Crippen MR) is 66.6 cm³/mol. The number of rotatable bonds is 2. The zero-order valence-electron chi connectivity index (χ0n) is 8.53. The molecule has 1 atom stereocenters. The zero-order chi connectivity index (χ0) is 11.5. The maximum Gasteiger partial charge on any atom is 0.123 e. The highest BCUT2D eigenvalue weighted by molar-refractivity contribution is 9.10. The van der Waals surface area contributed by atoms with Crippen molar-refractivity contribution in [3.63, 3.8) is 0 Å². The molecule has 82 valence electrons. The maximum atomic E-state index is 12.8. The van der Waals surface area contributed by atoms with Crippen LogP contribution in [0.2, 0.25) is 0 Å². The molecule has 0 heterocycles. The Balaban J connectivity index is 2.35. The van der Waals surface area contributed by atoms with Crippen LogP contribution in [0.25, 0.3) is 0 Å². The third-order valence-corrected chi connectivity index (χ3v) is 3.19. The fourth-order valence-electron chi connectivity index (χ4n) is 1.58. The quantitative estimate of drug-likeness (QED) is 0.893. The molecule has 2 aromatic rings. The lowest BCUT2D eigenvalue weighted by molar-refractivity contribution is 0.626. The molecule has 0 radical (unpaired) electrons. The van der Waals surface area contributed by atoms with E-state index < -0.39 is 0 Å². The fraction of sp³-hybridized carbons (Fsp3) is 0.0769. The van der Waals surface area contributed by atoms with Crippen LogP contribution in [0.1, 0.15) is 17.2 Å². The molecule has 16 heavy (non-hydrogen) atoms. The van der Waals surface area contributed by atoms with Crippen LogP contribution >= 0.6 is 15.9 Å². The van der Waals surface area contributed by atoms with Gasteiger partial charge in [-0.3, -0.25) is 0 Å². The Bertz CT molecular complexity index is 482. The molecule has 0 amide bonds. The summed E-state index contributed by atoms with van der Waals surface area (Å²) in [7, 11) is 0. The lowest BCUT2D eigenvalue weighted by atomic mass is 10.00. The van der Waals surface area contributed by atoms with E-state index in [9.17, 15) is 4.39 Å². The minimum atomic E-state index is -0.247. The molecule has 0 aliphatic carbocycles. The van der Waals surface area contributed by atoms with E-state index in [0.29, 0.717) is 0 Å². The highest BCUT2D eigenvalue weighted by atomic mass is 79.9. The van der Waals surface area contributed by atoms with Gasteiger partial charge in [-0.25, -0.2) is 4.39 Å². The van der Waals surface area contributed by atoms with E-state index in [2.05, 4.69) is 15.9 Å². The van der Waals surface area contributed by atoms with Gasteiger partial charge in [0.15, 0.2) is 0 Å². The van der Waals surface area contributed by atoms with Gasteiger partial charge in [0.2, 0.25) is 0 Å². The highest BCUT2D eigenvalue weighted by Crippen LogP contribution is 2.26. The summed E-state index contributed by atoms with van der Waals surface area (Å²) in [4.78, 5) is 0. The molecule has 0 aliphatic rings. The third-order valence-electron chi connectivity index (χ3n) is 2.47. The molecular formula is C13H11BrFN. The van der Waals surface area contributed by atoms with Crippen molar-refractivity contribution >= 4 is 15.9 Å². The van der Waals surface area contributed by atoms with Crippen LogP contribution in [-0.2, 0) is 0 Å². The third kappa shape index (κ3) is 2.31. The molecule has 1 nitrogen and oxygen atoms in total. The lowest BCUT2D eigenvalue weighted by Crippen LogP contribution is -2.12. The minimum absolute atomic E-state index is 0.240. The molecule has 0 bridgehead atoms. The summed E-state index contributed by atoms with van der Waals surface area (Å²) >= 11 is 3.45. The molecule has 0 aliphatic heterocycles. The van der Waals surface area contributed by atoms with Crippen LogP contribution in [0.3, 0.4) is 0 Å². The van der Waals surface area contributed by atoms with Gasteiger partial charge in [-0.1, -0.05) is 46.3 Å². The molecule has 0 fully saturated rings. The van der Waals surface area contributed by atoms with Crippen molar-refractivity contribution in [2.24, 2.45) is 5.73 Å². The van der Waals surface area contributed by atoms with Crippen molar-refractivity contribution in [1.29, 1.82) is 0 Å². The number of nitrogens with two attached hydrogens (primary N) is 1. The van der Waals surface area contributed by atoms with E-state index in [-0.39, 0.29) is 11.9 Å². The summed E-state index contributed by atoms with van der Waals surface area (Å²) in [5.74, 6) is -0.247. The molecule has 0 aromatic heterocycles. The SMILES string of the molecule is NC(c1ccc(F)cc1)c1ccccc1Br. The lowest BCUT2D eigenvalue weighted by Gasteiger charge is -2.14. The number of halogens is 2. The van der Waals surface area contributed by atoms with Crippen LogP contribution < -0.4 is 5.73 Å². The molecule has 0 saturated carbocycles. The standard InChI is InChI=1S/C13H11BrFN/c14-12-4-2-1-3-11(12)13(16)9-5-7-10(15)8-6-9/h1-8,13H,16H2. The van der Waals surface area contributed by atoms with Gasteiger partial charge in [0.25, 0.3) is 0 Å². The van der Waals surface area contributed by atoms with E-state index in [1.54, 1.807) is 12.1 Å². The molecular weight excluding hydrogens is 269 g/mol. The maximum absolute atomic E-state index is 12.8. The largest absolute Gasteiger partial charge is 0.320 e. The van der Waals surface area contributed by atoms with Crippen molar-refractivity contribution < 1.29 is 4.39 Å². The van der Waals surface area contributed by atoms with Gasteiger partial charge in [-0.2, -0.15) is 0 Å².